The molecule has 3 fully saturated rings. The highest BCUT2D eigenvalue weighted by molar-refractivity contribution is 7.20. The van der Waals surface area contributed by atoms with E-state index in [0.29, 0.717) is 5.92 Å². The molecule has 1 saturated heterocycles. The monoisotopic (exact) mass is 426 g/mol. The van der Waals surface area contributed by atoms with Gasteiger partial charge in [-0.3, -0.25) is 4.79 Å². The molecule has 1 amide bonds. The van der Waals surface area contributed by atoms with Crippen molar-refractivity contribution >= 4 is 27.5 Å². The average molecular weight is 427 g/mol. The Bertz CT molecular complexity index is 929. The van der Waals surface area contributed by atoms with Crippen LogP contribution in [-0.2, 0) is 0 Å². The minimum atomic E-state index is 0.197. The van der Waals surface area contributed by atoms with Crippen molar-refractivity contribution in [2.24, 2.45) is 5.92 Å². The lowest BCUT2D eigenvalue weighted by molar-refractivity contribution is 0.0764. The van der Waals surface area contributed by atoms with Gasteiger partial charge in [0.15, 0.2) is 0 Å². The Morgan fingerprint density at radius 1 is 0.967 bits per heavy atom. The van der Waals surface area contributed by atoms with Gasteiger partial charge in [0.1, 0.15) is 10.7 Å². The molecule has 0 bridgehead atoms. The molecular weight excluding hydrogens is 392 g/mol. The van der Waals surface area contributed by atoms with E-state index in [9.17, 15) is 4.79 Å². The van der Waals surface area contributed by atoms with Crippen LogP contribution in [0.1, 0.15) is 84.0 Å². The fourth-order valence-corrected chi connectivity index (χ4v) is 6.53. The quantitative estimate of drug-likeness (QED) is 0.697. The Morgan fingerprint density at radius 3 is 2.53 bits per heavy atom. The number of aryl methyl sites for hydroxylation is 2. The maximum atomic E-state index is 13.5. The van der Waals surface area contributed by atoms with E-state index in [2.05, 4.69) is 23.6 Å². The van der Waals surface area contributed by atoms with Crippen molar-refractivity contribution in [2.75, 3.05) is 32.7 Å². The summed E-state index contributed by atoms with van der Waals surface area (Å²) in [6.07, 6.45) is 10.5. The lowest BCUT2D eigenvalue weighted by atomic mass is 9.89. The van der Waals surface area contributed by atoms with Gasteiger partial charge >= 0.3 is 0 Å². The standard InChI is InChI=1S/C24H34N4OS/c1-16-20-17(2)25-22(19-9-10-19)26-23(20)30-21(16)24(29)28-12-6-11-27(13-14-28)15-18-7-4-3-5-8-18/h18-19H,3-15H2,1-2H3. The maximum Gasteiger partial charge on any atom is 0.264 e. The van der Waals surface area contributed by atoms with Gasteiger partial charge in [0.05, 0.1) is 10.6 Å². The highest BCUT2D eigenvalue weighted by atomic mass is 32.1. The minimum Gasteiger partial charge on any atom is -0.337 e. The first kappa shape index (κ1) is 20.4. The van der Waals surface area contributed by atoms with Crippen molar-refractivity contribution in [1.82, 2.24) is 19.8 Å². The number of carbonyl (C=O) groups is 1. The van der Waals surface area contributed by atoms with Gasteiger partial charge in [0, 0.05) is 37.5 Å². The second kappa shape index (κ2) is 8.54. The van der Waals surface area contributed by atoms with E-state index in [1.54, 1.807) is 11.3 Å². The summed E-state index contributed by atoms with van der Waals surface area (Å²) in [6, 6.07) is 0. The molecule has 0 unspecified atom stereocenters. The SMILES string of the molecule is Cc1nc(C2CC2)nc2sc(C(=O)N3CCCN(CC4CCCCC4)CC3)c(C)c12. The van der Waals surface area contributed by atoms with E-state index >= 15 is 0 Å². The number of hydrogen-bond acceptors (Lipinski definition) is 5. The Balaban J connectivity index is 1.30. The summed E-state index contributed by atoms with van der Waals surface area (Å²) < 4.78 is 0. The van der Waals surface area contributed by atoms with Crippen LogP contribution >= 0.6 is 11.3 Å². The zero-order chi connectivity index (χ0) is 20.7. The number of rotatable bonds is 4. The smallest absolute Gasteiger partial charge is 0.264 e. The summed E-state index contributed by atoms with van der Waals surface area (Å²) in [5.74, 6) is 2.58. The molecular formula is C24H34N4OS. The van der Waals surface area contributed by atoms with E-state index in [1.165, 1.54) is 51.5 Å². The van der Waals surface area contributed by atoms with Crippen LogP contribution in [0.4, 0.5) is 0 Å². The van der Waals surface area contributed by atoms with E-state index in [4.69, 9.17) is 9.97 Å². The van der Waals surface area contributed by atoms with Crippen LogP contribution in [0.5, 0.6) is 0 Å². The van der Waals surface area contributed by atoms with E-state index in [1.807, 2.05) is 0 Å². The molecule has 0 radical (unpaired) electrons. The van der Waals surface area contributed by atoms with Gasteiger partial charge in [-0.2, -0.15) is 0 Å². The molecule has 162 valence electrons. The van der Waals surface area contributed by atoms with Crippen molar-refractivity contribution in [3.63, 3.8) is 0 Å². The predicted octanol–water partition coefficient (Wildman–Crippen LogP) is 4.91. The summed E-state index contributed by atoms with van der Waals surface area (Å²) in [5.41, 5.74) is 2.10. The molecule has 0 spiro atoms. The maximum absolute atomic E-state index is 13.5. The lowest BCUT2D eigenvalue weighted by Gasteiger charge is -2.28. The van der Waals surface area contributed by atoms with Crippen LogP contribution in [0.15, 0.2) is 0 Å². The second-order valence-electron chi connectivity index (χ2n) is 9.63. The molecule has 1 aliphatic heterocycles. The van der Waals surface area contributed by atoms with Gasteiger partial charge in [-0.1, -0.05) is 19.3 Å². The number of fused-ring (bicyclic) bond motifs is 1. The summed E-state index contributed by atoms with van der Waals surface area (Å²) in [6.45, 7) is 9.22. The average Bonchev–Trinajstić information content (AvgIpc) is 3.56. The van der Waals surface area contributed by atoms with Crippen LogP contribution in [0.25, 0.3) is 10.2 Å². The van der Waals surface area contributed by atoms with E-state index in [0.717, 1.165) is 70.7 Å². The first-order chi connectivity index (χ1) is 14.6. The Kier molecular flexibility index (Phi) is 5.80. The fourth-order valence-electron chi connectivity index (χ4n) is 5.32. The fraction of sp³-hybridized carbons (Fsp3) is 0.708. The zero-order valence-electron chi connectivity index (χ0n) is 18.5. The van der Waals surface area contributed by atoms with E-state index in [-0.39, 0.29) is 5.91 Å². The Hall–Kier alpha value is -1.53. The molecule has 6 heteroatoms. The molecule has 3 heterocycles. The third-order valence-corrected chi connectivity index (χ3v) is 8.42. The largest absolute Gasteiger partial charge is 0.337 e. The van der Waals surface area contributed by atoms with Gasteiger partial charge in [-0.05, 0) is 64.0 Å². The topological polar surface area (TPSA) is 49.3 Å². The first-order valence-corrected chi connectivity index (χ1v) is 12.7. The van der Waals surface area contributed by atoms with Crippen molar-refractivity contribution in [1.29, 1.82) is 0 Å². The third kappa shape index (κ3) is 4.13. The van der Waals surface area contributed by atoms with Crippen LogP contribution in [0.2, 0.25) is 0 Å². The number of nitrogens with zero attached hydrogens (tertiary/aromatic N) is 4. The highest BCUT2D eigenvalue weighted by Gasteiger charge is 2.30. The minimum absolute atomic E-state index is 0.197. The molecule has 5 nitrogen and oxygen atoms in total. The molecule has 2 aliphatic carbocycles. The molecule has 3 aliphatic rings. The van der Waals surface area contributed by atoms with Gasteiger partial charge in [-0.15, -0.1) is 11.3 Å². The zero-order valence-corrected chi connectivity index (χ0v) is 19.3. The van der Waals surface area contributed by atoms with Crippen molar-refractivity contribution in [2.45, 2.75) is 71.1 Å². The molecule has 2 saturated carbocycles. The number of aromatic nitrogens is 2. The number of carbonyl (C=O) groups excluding carboxylic acids is 1. The molecule has 2 aromatic heterocycles. The molecule has 30 heavy (non-hydrogen) atoms. The summed E-state index contributed by atoms with van der Waals surface area (Å²) >= 11 is 1.58. The van der Waals surface area contributed by atoms with Crippen LogP contribution in [0, 0.1) is 19.8 Å². The van der Waals surface area contributed by atoms with Crippen molar-refractivity contribution in [3.05, 3.63) is 22.0 Å². The van der Waals surface area contributed by atoms with Gasteiger partial charge in [0.2, 0.25) is 0 Å². The molecule has 0 atom stereocenters. The summed E-state index contributed by atoms with van der Waals surface area (Å²) in [7, 11) is 0. The molecule has 2 aromatic rings. The van der Waals surface area contributed by atoms with Crippen LogP contribution in [0.3, 0.4) is 0 Å². The van der Waals surface area contributed by atoms with Crippen LogP contribution in [-0.4, -0.2) is 58.4 Å². The number of amides is 1. The Morgan fingerprint density at radius 2 is 1.77 bits per heavy atom. The molecule has 5 rings (SSSR count). The predicted molar refractivity (Wildman–Crippen MR) is 122 cm³/mol. The number of thiophene rings is 1. The highest BCUT2D eigenvalue weighted by Crippen LogP contribution is 2.40. The Labute approximate surface area is 183 Å². The summed E-state index contributed by atoms with van der Waals surface area (Å²) in [5, 5.41) is 1.10. The third-order valence-electron chi connectivity index (χ3n) is 7.24. The molecule has 0 N–H and O–H groups in total. The van der Waals surface area contributed by atoms with Crippen LogP contribution < -0.4 is 0 Å². The second-order valence-corrected chi connectivity index (χ2v) is 10.6. The van der Waals surface area contributed by atoms with Crippen molar-refractivity contribution < 1.29 is 4.79 Å². The first-order valence-electron chi connectivity index (χ1n) is 11.9. The summed E-state index contributed by atoms with van der Waals surface area (Å²) in [4.78, 5) is 29.6. The van der Waals surface area contributed by atoms with Crippen molar-refractivity contribution in [3.8, 4) is 0 Å². The van der Waals surface area contributed by atoms with Gasteiger partial charge < -0.3 is 9.80 Å². The van der Waals surface area contributed by atoms with Gasteiger partial charge in [-0.25, -0.2) is 9.97 Å². The number of hydrogen-bond donors (Lipinski definition) is 0. The van der Waals surface area contributed by atoms with E-state index < -0.39 is 0 Å². The van der Waals surface area contributed by atoms with Gasteiger partial charge in [0.25, 0.3) is 5.91 Å². The molecule has 0 aromatic carbocycles. The normalized spacial score (nSPS) is 21.9. The lowest BCUT2D eigenvalue weighted by Crippen LogP contribution is -2.36.